The van der Waals surface area contributed by atoms with Crippen molar-refractivity contribution in [2.75, 3.05) is 6.61 Å². The van der Waals surface area contributed by atoms with E-state index < -0.39 is 36.4 Å². The predicted molar refractivity (Wildman–Crippen MR) is 64.7 cm³/mol. The number of halogens is 1. The number of amides is 1. The van der Waals surface area contributed by atoms with Gasteiger partial charge < -0.3 is 21.3 Å². The summed E-state index contributed by atoms with van der Waals surface area (Å²) in [6.45, 7) is -0.599. The summed E-state index contributed by atoms with van der Waals surface area (Å²) >= 11 is 0. The highest BCUT2D eigenvalue weighted by molar-refractivity contribution is 5.87. The molecule has 0 bridgehead atoms. The van der Waals surface area contributed by atoms with Crippen LogP contribution in [0.3, 0.4) is 0 Å². The molecule has 1 aromatic carbocycles. The number of carbonyl (C=O) groups excluding carboxylic acids is 1. The normalized spacial score (nSPS) is 13.6. The molecule has 0 aliphatic rings. The average Bonchev–Trinajstić information content (AvgIpc) is 2.39. The Kier molecular flexibility index (Phi) is 5.40. The van der Waals surface area contributed by atoms with E-state index in [1.807, 2.05) is 0 Å². The molecule has 19 heavy (non-hydrogen) atoms. The predicted octanol–water partition coefficient (Wildman–Crippen LogP) is -0.743. The summed E-state index contributed by atoms with van der Waals surface area (Å²) in [6.07, 6.45) is -0.202. The summed E-state index contributed by atoms with van der Waals surface area (Å²) in [5.74, 6) is -2.65. The van der Waals surface area contributed by atoms with Gasteiger partial charge in [-0.05, 0) is 11.6 Å². The van der Waals surface area contributed by atoms with Crippen molar-refractivity contribution in [3.8, 4) is 0 Å². The van der Waals surface area contributed by atoms with Crippen LogP contribution in [0, 0.1) is 5.82 Å². The van der Waals surface area contributed by atoms with Gasteiger partial charge in [0.15, 0.2) is 0 Å². The van der Waals surface area contributed by atoms with Gasteiger partial charge in [-0.25, -0.2) is 9.18 Å². The van der Waals surface area contributed by atoms with Crippen molar-refractivity contribution in [2.45, 2.75) is 18.5 Å². The maximum absolute atomic E-state index is 13.4. The van der Waals surface area contributed by atoms with Crippen molar-refractivity contribution in [3.05, 3.63) is 35.6 Å². The lowest BCUT2D eigenvalue weighted by Gasteiger charge is -2.17. The highest BCUT2D eigenvalue weighted by Gasteiger charge is 2.24. The first-order chi connectivity index (χ1) is 8.95. The number of rotatable bonds is 6. The molecule has 0 aromatic heterocycles. The van der Waals surface area contributed by atoms with Gasteiger partial charge in [-0.2, -0.15) is 0 Å². The lowest BCUT2D eigenvalue weighted by molar-refractivity contribution is -0.142. The van der Waals surface area contributed by atoms with Crippen molar-refractivity contribution in [1.29, 1.82) is 0 Å². The lowest BCUT2D eigenvalue weighted by Crippen LogP contribution is -2.50. The molecule has 0 heterocycles. The van der Waals surface area contributed by atoms with Gasteiger partial charge in [0, 0.05) is 6.42 Å². The molecular weight excluding hydrogens is 255 g/mol. The highest BCUT2D eigenvalue weighted by atomic mass is 19.1. The zero-order valence-corrected chi connectivity index (χ0v) is 10.0. The van der Waals surface area contributed by atoms with E-state index in [1.54, 1.807) is 6.07 Å². The van der Waals surface area contributed by atoms with Crippen LogP contribution in [0.15, 0.2) is 24.3 Å². The minimum absolute atomic E-state index is 0.174. The summed E-state index contributed by atoms with van der Waals surface area (Å²) in [5, 5.41) is 19.8. The number of aliphatic hydroxyl groups is 1. The van der Waals surface area contributed by atoms with E-state index in [0.29, 0.717) is 0 Å². The molecule has 0 aliphatic heterocycles. The quantitative estimate of drug-likeness (QED) is 0.543. The molecule has 1 amide bonds. The molecule has 1 aromatic rings. The molecule has 1 rings (SSSR count). The fraction of sp³-hybridized carbons (Fsp3) is 0.333. The van der Waals surface area contributed by atoms with Crippen LogP contribution in [-0.4, -0.2) is 40.8 Å². The van der Waals surface area contributed by atoms with Crippen LogP contribution >= 0.6 is 0 Å². The topological polar surface area (TPSA) is 113 Å². The number of nitrogens with two attached hydrogens (primary N) is 1. The van der Waals surface area contributed by atoms with Crippen LogP contribution in [0.1, 0.15) is 5.56 Å². The number of nitrogens with one attached hydrogen (secondary N) is 1. The van der Waals surface area contributed by atoms with E-state index in [1.165, 1.54) is 18.2 Å². The summed E-state index contributed by atoms with van der Waals surface area (Å²) in [6, 6.07) is 3.18. The van der Waals surface area contributed by atoms with E-state index in [2.05, 4.69) is 5.32 Å². The van der Waals surface area contributed by atoms with Crippen LogP contribution in [-0.2, 0) is 16.0 Å². The Bertz CT molecular complexity index is 467. The summed E-state index contributed by atoms with van der Waals surface area (Å²) in [7, 11) is 0. The minimum Gasteiger partial charge on any atom is -0.480 e. The van der Waals surface area contributed by atoms with E-state index in [4.69, 9.17) is 15.9 Å². The van der Waals surface area contributed by atoms with Crippen LogP contribution in [0.2, 0.25) is 0 Å². The number of carboxylic acids is 1. The number of carboxylic acid groups (broad SMARTS) is 1. The molecule has 0 saturated heterocycles. The second-order valence-electron chi connectivity index (χ2n) is 3.98. The molecule has 0 aliphatic carbocycles. The van der Waals surface area contributed by atoms with Crippen molar-refractivity contribution in [2.24, 2.45) is 5.73 Å². The third-order valence-corrected chi connectivity index (χ3v) is 2.53. The van der Waals surface area contributed by atoms with Crippen LogP contribution in [0.5, 0.6) is 0 Å². The Balaban J connectivity index is 2.77. The third kappa shape index (κ3) is 4.31. The summed E-state index contributed by atoms with van der Waals surface area (Å²) < 4.78 is 13.4. The Labute approximate surface area is 109 Å². The zero-order chi connectivity index (χ0) is 14.4. The van der Waals surface area contributed by atoms with Crippen molar-refractivity contribution < 1.29 is 24.2 Å². The fourth-order valence-corrected chi connectivity index (χ4v) is 1.45. The zero-order valence-electron chi connectivity index (χ0n) is 10.0. The molecule has 5 N–H and O–H groups in total. The lowest BCUT2D eigenvalue weighted by atomic mass is 10.1. The number of hydrogen-bond acceptors (Lipinski definition) is 4. The fourth-order valence-electron chi connectivity index (χ4n) is 1.45. The van der Waals surface area contributed by atoms with Crippen molar-refractivity contribution in [3.63, 3.8) is 0 Å². The van der Waals surface area contributed by atoms with Gasteiger partial charge in [0.1, 0.15) is 17.9 Å². The molecule has 0 radical (unpaired) electrons. The van der Waals surface area contributed by atoms with Crippen LogP contribution < -0.4 is 11.1 Å². The van der Waals surface area contributed by atoms with E-state index in [-0.39, 0.29) is 12.0 Å². The molecule has 7 heteroatoms. The van der Waals surface area contributed by atoms with E-state index >= 15 is 0 Å². The van der Waals surface area contributed by atoms with Gasteiger partial charge in [0.05, 0.1) is 6.61 Å². The first kappa shape index (κ1) is 15.1. The minimum atomic E-state index is -1.30. The van der Waals surface area contributed by atoms with Gasteiger partial charge in [-0.3, -0.25) is 4.79 Å². The molecule has 6 nitrogen and oxygen atoms in total. The van der Waals surface area contributed by atoms with Crippen molar-refractivity contribution >= 4 is 11.9 Å². The third-order valence-electron chi connectivity index (χ3n) is 2.53. The Morgan fingerprint density at radius 2 is 2.00 bits per heavy atom. The molecule has 104 valence electrons. The Morgan fingerprint density at radius 1 is 1.37 bits per heavy atom. The number of benzene rings is 1. The first-order valence-electron chi connectivity index (χ1n) is 5.58. The molecule has 2 unspecified atom stereocenters. The number of carbonyl (C=O) groups is 2. The van der Waals surface area contributed by atoms with Gasteiger partial charge in [-0.1, -0.05) is 18.2 Å². The van der Waals surface area contributed by atoms with Gasteiger partial charge in [0.25, 0.3) is 0 Å². The van der Waals surface area contributed by atoms with E-state index in [9.17, 15) is 14.0 Å². The smallest absolute Gasteiger partial charge is 0.326 e. The highest BCUT2D eigenvalue weighted by Crippen LogP contribution is 2.09. The van der Waals surface area contributed by atoms with Gasteiger partial charge >= 0.3 is 5.97 Å². The molecule has 0 fully saturated rings. The number of aliphatic hydroxyl groups excluding tert-OH is 1. The van der Waals surface area contributed by atoms with Crippen molar-refractivity contribution in [1.82, 2.24) is 5.32 Å². The van der Waals surface area contributed by atoms with Gasteiger partial charge in [0.2, 0.25) is 5.91 Å². The SMILES string of the molecule is NC(CO)C(=O)NC(Cc1ccccc1F)C(=O)O. The number of hydrogen-bond donors (Lipinski definition) is 4. The second kappa shape index (κ2) is 6.81. The molecule has 0 spiro atoms. The van der Waals surface area contributed by atoms with Crippen LogP contribution in [0.25, 0.3) is 0 Å². The first-order valence-corrected chi connectivity index (χ1v) is 5.58. The largest absolute Gasteiger partial charge is 0.480 e. The summed E-state index contributed by atoms with van der Waals surface area (Å²) in [4.78, 5) is 22.4. The maximum atomic E-state index is 13.4. The van der Waals surface area contributed by atoms with Crippen LogP contribution in [0.4, 0.5) is 4.39 Å². The molecular formula is C12H15FN2O4. The van der Waals surface area contributed by atoms with Gasteiger partial charge in [-0.15, -0.1) is 0 Å². The molecule has 2 atom stereocenters. The maximum Gasteiger partial charge on any atom is 0.326 e. The van der Waals surface area contributed by atoms with E-state index in [0.717, 1.165) is 0 Å². The average molecular weight is 270 g/mol. The summed E-state index contributed by atoms with van der Waals surface area (Å²) in [5.41, 5.74) is 5.43. The Hall–Kier alpha value is -1.99. The second-order valence-corrected chi connectivity index (χ2v) is 3.98. The monoisotopic (exact) mass is 270 g/mol. The standard InChI is InChI=1S/C12H15FN2O4/c13-8-4-2-1-3-7(8)5-10(12(18)19)15-11(17)9(14)6-16/h1-4,9-10,16H,5-6,14H2,(H,15,17)(H,18,19). The Morgan fingerprint density at radius 3 is 2.53 bits per heavy atom. The number of aliphatic carboxylic acids is 1. The molecule has 0 saturated carbocycles.